The number of likely N-dealkylation sites (tertiary alicyclic amines) is 1. The molecule has 0 aliphatic carbocycles. The van der Waals surface area contributed by atoms with E-state index in [1.807, 2.05) is 0 Å². The summed E-state index contributed by atoms with van der Waals surface area (Å²) in [5.74, 6) is 0.364. The van der Waals surface area contributed by atoms with Gasteiger partial charge < -0.3 is 10.0 Å². The van der Waals surface area contributed by atoms with Gasteiger partial charge in [0.05, 0.1) is 0 Å². The number of rotatable bonds is 4. The Balaban J connectivity index is 2.00. The highest BCUT2D eigenvalue weighted by Gasteiger charge is 2.24. The summed E-state index contributed by atoms with van der Waals surface area (Å²) in [5.41, 5.74) is 0.662. The zero-order valence-electron chi connectivity index (χ0n) is 11.1. The SMILES string of the molecule is O=C(/C=C/c1c(Cl)cccc1Cl)N1CCC(CCO)C1. The molecule has 1 aliphatic rings. The van der Waals surface area contributed by atoms with Gasteiger partial charge in [-0.1, -0.05) is 29.3 Å². The fraction of sp³-hybridized carbons (Fsp3) is 0.400. The second-order valence-corrected chi connectivity index (χ2v) is 5.73. The molecule has 3 nitrogen and oxygen atoms in total. The molecule has 1 N–H and O–H groups in total. The van der Waals surface area contributed by atoms with Gasteiger partial charge in [0.1, 0.15) is 0 Å². The van der Waals surface area contributed by atoms with Crippen molar-refractivity contribution in [1.29, 1.82) is 0 Å². The van der Waals surface area contributed by atoms with Crippen LogP contribution in [0.1, 0.15) is 18.4 Å². The fourth-order valence-corrected chi connectivity index (χ4v) is 2.90. The van der Waals surface area contributed by atoms with E-state index >= 15 is 0 Å². The molecule has 1 unspecified atom stereocenters. The minimum Gasteiger partial charge on any atom is -0.396 e. The van der Waals surface area contributed by atoms with Gasteiger partial charge in [-0.2, -0.15) is 0 Å². The number of nitrogens with zero attached hydrogens (tertiary/aromatic N) is 1. The van der Waals surface area contributed by atoms with Crippen LogP contribution in [0.2, 0.25) is 10.0 Å². The Kier molecular flexibility index (Phi) is 5.46. The number of hydrogen-bond donors (Lipinski definition) is 1. The smallest absolute Gasteiger partial charge is 0.246 e. The van der Waals surface area contributed by atoms with Crippen LogP contribution in [0.5, 0.6) is 0 Å². The van der Waals surface area contributed by atoms with Gasteiger partial charge in [0, 0.05) is 41.4 Å². The Bertz CT molecular complexity index is 496. The molecule has 1 aromatic carbocycles. The topological polar surface area (TPSA) is 40.5 Å². The number of carbonyl (C=O) groups is 1. The van der Waals surface area contributed by atoms with Crippen molar-refractivity contribution in [1.82, 2.24) is 4.90 Å². The summed E-state index contributed by atoms with van der Waals surface area (Å²) in [6.45, 7) is 1.63. The van der Waals surface area contributed by atoms with Crippen LogP contribution in [-0.2, 0) is 4.79 Å². The molecule has 0 radical (unpaired) electrons. The summed E-state index contributed by atoms with van der Waals surface area (Å²) in [6, 6.07) is 5.25. The van der Waals surface area contributed by atoms with Crippen LogP contribution in [0.3, 0.4) is 0 Å². The first kappa shape index (κ1) is 15.4. The molecule has 1 amide bonds. The minimum atomic E-state index is -0.0403. The first-order valence-electron chi connectivity index (χ1n) is 6.63. The van der Waals surface area contributed by atoms with Gasteiger partial charge in [0.2, 0.25) is 5.91 Å². The van der Waals surface area contributed by atoms with Crippen LogP contribution in [0.25, 0.3) is 6.08 Å². The van der Waals surface area contributed by atoms with Gasteiger partial charge in [-0.15, -0.1) is 0 Å². The first-order valence-corrected chi connectivity index (χ1v) is 7.39. The van der Waals surface area contributed by atoms with Gasteiger partial charge in [-0.3, -0.25) is 4.79 Å². The van der Waals surface area contributed by atoms with E-state index in [1.165, 1.54) is 6.08 Å². The Labute approximate surface area is 128 Å². The summed E-state index contributed by atoms with van der Waals surface area (Å²) in [6.07, 6.45) is 4.87. The zero-order chi connectivity index (χ0) is 14.5. The number of benzene rings is 1. The van der Waals surface area contributed by atoms with E-state index in [0.717, 1.165) is 19.4 Å². The second-order valence-electron chi connectivity index (χ2n) is 4.92. The maximum atomic E-state index is 12.1. The molecule has 2 rings (SSSR count). The van der Waals surface area contributed by atoms with E-state index in [2.05, 4.69) is 0 Å². The molecular weight excluding hydrogens is 297 g/mol. The van der Waals surface area contributed by atoms with E-state index in [0.29, 0.717) is 28.1 Å². The monoisotopic (exact) mass is 313 g/mol. The lowest BCUT2D eigenvalue weighted by Crippen LogP contribution is -2.26. The predicted octanol–water partition coefficient (Wildman–Crippen LogP) is 3.24. The lowest BCUT2D eigenvalue weighted by molar-refractivity contribution is -0.125. The maximum absolute atomic E-state index is 12.1. The number of hydrogen-bond acceptors (Lipinski definition) is 2. The molecule has 0 spiro atoms. The van der Waals surface area contributed by atoms with Crippen molar-refractivity contribution in [2.75, 3.05) is 19.7 Å². The van der Waals surface area contributed by atoms with Gasteiger partial charge in [0.25, 0.3) is 0 Å². The van der Waals surface area contributed by atoms with E-state index in [-0.39, 0.29) is 12.5 Å². The molecule has 1 heterocycles. The van der Waals surface area contributed by atoms with Crippen molar-refractivity contribution in [3.63, 3.8) is 0 Å². The third kappa shape index (κ3) is 3.75. The van der Waals surface area contributed by atoms with Crippen molar-refractivity contribution in [3.8, 4) is 0 Å². The molecule has 1 saturated heterocycles. The summed E-state index contributed by atoms with van der Waals surface area (Å²) >= 11 is 12.1. The van der Waals surface area contributed by atoms with E-state index in [9.17, 15) is 4.79 Å². The lowest BCUT2D eigenvalue weighted by atomic mass is 10.1. The van der Waals surface area contributed by atoms with Gasteiger partial charge >= 0.3 is 0 Å². The van der Waals surface area contributed by atoms with Crippen molar-refractivity contribution in [3.05, 3.63) is 39.9 Å². The Hall–Kier alpha value is -1.03. The second kappa shape index (κ2) is 7.11. The largest absolute Gasteiger partial charge is 0.396 e. The predicted molar refractivity (Wildman–Crippen MR) is 81.9 cm³/mol. The van der Waals surface area contributed by atoms with Gasteiger partial charge in [-0.05, 0) is 37.0 Å². The third-order valence-corrected chi connectivity index (χ3v) is 4.19. The van der Waals surface area contributed by atoms with E-state index in [4.69, 9.17) is 28.3 Å². The van der Waals surface area contributed by atoms with Crippen LogP contribution in [0.4, 0.5) is 0 Å². The standard InChI is InChI=1S/C15H17Cl2NO2/c16-13-2-1-3-14(17)12(13)4-5-15(20)18-8-6-11(10-18)7-9-19/h1-5,11,19H,6-10H2/b5-4+. The molecule has 20 heavy (non-hydrogen) atoms. The summed E-state index contributed by atoms with van der Waals surface area (Å²) < 4.78 is 0. The van der Waals surface area contributed by atoms with Crippen LogP contribution in [0.15, 0.2) is 24.3 Å². The van der Waals surface area contributed by atoms with Crippen LogP contribution >= 0.6 is 23.2 Å². The van der Waals surface area contributed by atoms with Crippen LogP contribution in [0, 0.1) is 5.92 Å². The normalized spacial score (nSPS) is 18.9. The number of amides is 1. The van der Waals surface area contributed by atoms with Crippen molar-refractivity contribution >= 4 is 35.2 Å². The zero-order valence-corrected chi connectivity index (χ0v) is 12.6. The van der Waals surface area contributed by atoms with Crippen LogP contribution < -0.4 is 0 Å². The molecule has 0 bridgehead atoms. The molecule has 5 heteroatoms. The Morgan fingerprint density at radius 2 is 2.10 bits per heavy atom. The Morgan fingerprint density at radius 1 is 1.40 bits per heavy atom. The molecular formula is C15H17Cl2NO2. The maximum Gasteiger partial charge on any atom is 0.246 e. The lowest BCUT2D eigenvalue weighted by Gasteiger charge is -2.14. The summed E-state index contributed by atoms with van der Waals surface area (Å²) in [5, 5.41) is 9.98. The third-order valence-electron chi connectivity index (χ3n) is 3.53. The molecule has 0 saturated carbocycles. The number of halogens is 2. The number of carbonyl (C=O) groups excluding carboxylic acids is 1. The molecule has 1 fully saturated rings. The highest BCUT2D eigenvalue weighted by Crippen LogP contribution is 2.26. The quantitative estimate of drug-likeness (QED) is 0.867. The average Bonchev–Trinajstić information content (AvgIpc) is 2.87. The van der Waals surface area contributed by atoms with Crippen molar-refractivity contribution in [2.45, 2.75) is 12.8 Å². The molecule has 1 aromatic rings. The van der Waals surface area contributed by atoms with Gasteiger partial charge in [-0.25, -0.2) is 0 Å². The average molecular weight is 314 g/mol. The van der Waals surface area contributed by atoms with Crippen LogP contribution in [-0.4, -0.2) is 35.6 Å². The van der Waals surface area contributed by atoms with Crippen molar-refractivity contribution in [2.24, 2.45) is 5.92 Å². The van der Waals surface area contributed by atoms with Crippen molar-refractivity contribution < 1.29 is 9.90 Å². The van der Waals surface area contributed by atoms with Gasteiger partial charge in [0.15, 0.2) is 0 Å². The fourth-order valence-electron chi connectivity index (χ4n) is 2.38. The molecule has 108 valence electrons. The first-order chi connectivity index (χ1) is 9.61. The molecule has 1 aliphatic heterocycles. The molecule has 1 atom stereocenters. The highest BCUT2D eigenvalue weighted by molar-refractivity contribution is 6.37. The highest BCUT2D eigenvalue weighted by atomic mass is 35.5. The number of aliphatic hydroxyl groups is 1. The summed E-state index contributed by atoms with van der Waals surface area (Å²) in [4.78, 5) is 13.9. The van der Waals surface area contributed by atoms with E-state index < -0.39 is 0 Å². The van der Waals surface area contributed by atoms with E-state index in [1.54, 1.807) is 29.2 Å². The Morgan fingerprint density at radius 3 is 2.75 bits per heavy atom. The number of aliphatic hydroxyl groups excluding tert-OH is 1. The minimum absolute atomic E-state index is 0.0403. The molecule has 0 aromatic heterocycles. The summed E-state index contributed by atoms with van der Waals surface area (Å²) in [7, 11) is 0.